The number of fused-ring (bicyclic) bond motifs is 1. The number of halogens is 1. The smallest absolute Gasteiger partial charge is 0.298 e. The molecule has 0 bridgehead atoms. The molecule has 1 aliphatic heterocycles. The van der Waals surface area contributed by atoms with Crippen molar-refractivity contribution in [1.29, 1.82) is 0 Å². The molecule has 5 nitrogen and oxygen atoms in total. The number of rotatable bonds is 4. The minimum absolute atomic E-state index is 0.450. The van der Waals surface area contributed by atoms with E-state index in [4.69, 9.17) is 20.8 Å². The molecule has 2 aromatic heterocycles. The number of nitrogens with zero attached hydrogens (tertiary/aromatic N) is 3. The van der Waals surface area contributed by atoms with Crippen LogP contribution in [0.2, 0.25) is 5.02 Å². The van der Waals surface area contributed by atoms with Gasteiger partial charge in [-0.15, -0.1) is 0 Å². The summed E-state index contributed by atoms with van der Waals surface area (Å²) >= 11 is 6.02. The summed E-state index contributed by atoms with van der Waals surface area (Å²) in [6, 6.07) is 9.94. The third-order valence-electron chi connectivity index (χ3n) is 4.26. The molecule has 3 heterocycles. The van der Waals surface area contributed by atoms with E-state index in [1.807, 2.05) is 30.3 Å². The van der Waals surface area contributed by atoms with Crippen molar-refractivity contribution in [2.45, 2.75) is 12.8 Å². The van der Waals surface area contributed by atoms with E-state index < -0.39 is 0 Å². The van der Waals surface area contributed by atoms with Gasteiger partial charge in [-0.25, -0.2) is 0 Å². The molecule has 0 spiro atoms. The Morgan fingerprint density at radius 3 is 3.00 bits per heavy atom. The lowest BCUT2D eigenvalue weighted by Gasteiger charge is -2.31. The van der Waals surface area contributed by atoms with Crippen molar-refractivity contribution >= 4 is 28.7 Å². The van der Waals surface area contributed by atoms with Crippen LogP contribution in [0.4, 0.5) is 6.01 Å². The summed E-state index contributed by atoms with van der Waals surface area (Å²) in [5.41, 5.74) is 1.57. The van der Waals surface area contributed by atoms with Crippen molar-refractivity contribution in [3.63, 3.8) is 0 Å². The molecule has 1 saturated heterocycles. The Labute approximate surface area is 145 Å². The number of ether oxygens (including phenoxy) is 1. The van der Waals surface area contributed by atoms with E-state index in [2.05, 4.69) is 14.9 Å². The fraction of sp³-hybridized carbons (Fsp3) is 0.333. The van der Waals surface area contributed by atoms with Gasteiger partial charge in [-0.3, -0.25) is 4.98 Å². The van der Waals surface area contributed by atoms with Crippen LogP contribution in [0.5, 0.6) is 5.75 Å². The fourth-order valence-corrected chi connectivity index (χ4v) is 3.21. The van der Waals surface area contributed by atoms with Gasteiger partial charge in [0.15, 0.2) is 5.58 Å². The third-order valence-corrected chi connectivity index (χ3v) is 4.50. The molecule has 24 heavy (non-hydrogen) atoms. The summed E-state index contributed by atoms with van der Waals surface area (Å²) in [7, 11) is 0. The zero-order valence-corrected chi connectivity index (χ0v) is 13.9. The minimum atomic E-state index is 0.450. The number of pyridine rings is 1. The van der Waals surface area contributed by atoms with E-state index in [1.165, 1.54) is 0 Å². The van der Waals surface area contributed by atoms with Crippen LogP contribution in [0.3, 0.4) is 0 Å². The predicted octanol–water partition coefficient (Wildman–Crippen LogP) is 4.17. The largest absolute Gasteiger partial charge is 0.493 e. The van der Waals surface area contributed by atoms with E-state index >= 15 is 0 Å². The van der Waals surface area contributed by atoms with Gasteiger partial charge >= 0.3 is 0 Å². The molecular formula is C18H18ClN3O2. The van der Waals surface area contributed by atoms with Crippen molar-refractivity contribution in [3.8, 4) is 5.75 Å². The van der Waals surface area contributed by atoms with Gasteiger partial charge in [0.25, 0.3) is 6.01 Å². The Balaban J connectivity index is 1.43. The number of anilines is 1. The van der Waals surface area contributed by atoms with Gasteiger partial charge in [0.05, 0.1) is 6.61 Å². The molecule has 0 saturated carbocycles. The van der Waals surface area contributed by atoms with E-state index in [0.29, 0.717) is 23.6 Å². The summed E-state index contributed by atoms with van der Waals surface area (Å²) in [5, 5.41) is 0.671. The number of oxazole rings is 1. The summed E-state index contributed by atoms with van der Waals surface area (Å²) in [6.45, 7) is 2.52. The standard InChI is InChI=1S/C18H18ClN3O2/c19-14-3-4-17-16(10-14)21-18(24-17)22-9-1-2-13(11-22)12-23-15-5-7-20-8-6-15/h3-8,10,13H,1-2,9,11-12H2. The second kappa shape index (κ2) is 6.69. The second-order valence-corrected chi connectivity index (χ2v) is 6.49. The molecule has 124 valence electrons. The maximum absolute atomic E-state index is 6.02. The van der Waals surface area contributed by atoms with Crippen LogP contribution < -0.4 is 9.64 Å². The lowest BCUT2D eigenvalue weighted by molar-refractivity contribution is 0.226. The average molecular weight is 344 g/mol. The number of piperidine rings is 1. The first-order valence-corrected chi connectivity index (χ1v) is 8.49. The topological polar surface area (TPSA) is 51.4 Å². The van der Waals surface area contributed by atoms with Crippen molar-refractivity contribution in [1.82, 2.24) is 9.97 Å². The van der Waals surface area contributed by atoms with Crippen LogP contribution in [-0.4, -0.2) is 29.7 Å². The van der Waals surface area contributed by atoms with Gasteiger partial charge < -0.3 is 14.1 Å². The SMILES string of the molecule is Clc1ccc2oc(N3CCCC(COc4ccncc4)C3)nc2c1. The molecule has 3 aromatic rings. The Morgan fingerprint density at radius 1 is 1.25 bits per heavy atom. The maximum Gasteiger partial charge on any atom is 0.298 e. The highest BCUT2D eigenvalue weighted by atomic mass is 35.5. The molecule has 0 amide bonds. The highest BCUT2D eigenvalue weighted by Gasteiger charge is 2.24. The van der Waals surface area contributed by atoms with Gasteiger partial charge in [0.2, 0.25) is 0 Å². The quantitative estimate of drug-likeness (QED) is 0.711. The highest BCUT2D eigenvalue weighted by Crippen LogP contribution is 2.28. The highest BCUT2D eigenvalue weighted by molar-refractivity contribution is 6.31. The van der Waals surface area contributed by atoms with Crippen molar-refractivity contribution in [2.24, 2.45) is 5.92 Å². The Kier molecular flexibility index (Phi) is 4.26. The van der Waals surface area contributed by atoms with Crippen LogP contribution in [0, 0.1) is 5.92 Å². The molecular weight excluding hydrogens is 326 g/mol. The number of hydrogen-bond acceptors (Lipinski definition) is 5. The predicted molar refractivity (Wildman–Crippen MR) is 93.7 cm³/mol. The fourth-order valence-electron chi connectivity index (χ4n) is 3.05. The first-order valence-electron chi connectivity index (χ1n) is 8.12. The number of hydrogen-bond donors (Lipinski definition) is 0. The summed E-state index contributed by atoms with van der Waals surface area (Å²) in [4.78, 5) is 10.8. The zero-order chi connectivity index (χ0) is 16.4. The summed E-state index contributed by atoms with van der Waals surface area (Å²) in [6.07, 6.45) is 5.73. The molecule has 0 radical (unpaired) electrons. The van der Waals surface area contributed by atoms with Gasteiger partial charge in [-0.2, -0.15) is 4.98 Å². The molecule has 0 aliphatic carbocycles. The third kappa shape index (κ3) is 3.31. The van der Waals surface area contributed by atoms with Gasteiger partial charge in [0.1, 0.15) is 11.3 Å². The Morgan fingerprint density at radius 2 is 2.12 bits per heavy atom. The van der Waals surface area contributed by atoms with Gasteiger partial charge in [-0.05, 0) is 43.2 Å². The van der Waals surface area contributed by atoms with Crippen LogP contribution >= 0.6 is 11.6 Å². The van der Waals surface area contributed by atoms with E-state index in [9.17, 15) is 0 Å². The number of aromatic nitrogens is 2. The van der Waals surface area contributed by atoms with Gasteiger partial charge in [-0.1, -0.05) is 11.6 Å². The summed E-state index contributed by atoms with van der Waals surface area (Å²) in [5.74, 6) is 1.31. The van der Waals surface area contributed by atoms with Crippen molar-refractivity contribution < 1.29 is 9.15 Å². The van der Waals surface area contributed by atoms with Gasteiger partial charge in [0, 0.05) is 36.4 Å². The minimum Gasteiger partial charge on any atom is -0.493 e. The van der Waals surface area contributed by atoms with E-state index in [-0.39, 0.29) is 0 Å². The first-order chi connectivity index (χ1) is 11.8. The zero-order valence-electron chi connectivity index (χ0n) is 13.2. The van der Waals surface area contributed by atoms with E-state index in [0.717, 1.165) is 42.8 Å². The van der Waals surface area contributed by atoms with Crippen LogP contribution in [0.15, 0.2) is 47.1 Å². The molecule has 6 heteroatoms. The summed E-state index contributed by atoms with van der Waals surface area (Å²) < 4.78 is 11.7. The van der Waals surface area contributed by atoms with Crippen molar-refractivity contribution in [2.75, 3.05) is 24.6 Å². The van der Waals surface area contributed by atoms with Crippen LogP contribution in [-0.2, 0) is 0 Å². The second-order valence-electron chi connectivity index (χ2n) is 6.06. The molecule has 1 aromatic carbocycles. The lowest BCUT2D eigenvalue weighted by atomic mass is 9.99. The van der Waals surface area contributed by atoms with Crippen LogP contribution in [0.25, 0.3) is 11.1 Å². The van der Waals surface area contributed by atoms with Crippen LogP contribution in [0.1, 0.15) is 12.8 Å². The first kappa shape index (κ1) is 15.3. The normalized spacial score (nSPS) is 18.0. The monoisotopic (exact) mass is 343 g/mol. The number of benzene rings is 1. The van der Waals surface area contributed by atoms with Crippen molar-refractivity contribution in [3.05, 3.63) is 47.7 Å². The molecule has 1 aliphatic rings. The maximum atomic E-state index is 6.02. The Hall–Kier alpha value is -2.27. The molecule has 1 unspecified atom stereocenters. The molecule has 1 atom stereocenters. The lowest BCUT2D eigenvalue weighted by Crippen LogP contribution is -2.37. The Bertz CT molecular complexity index is 822. The van der Waals surface area contributed by atoms with E-state index in [1.54, 1.807) is 12.4 Å². The average Bonchev–Trinajstić information content (AvgIpc) is 3.04. The molecule has 1 fully saturated rings. The molecule has 4 rings (SSSR count). The molecule has 0 N–H and O–H groups in total.